The Labute approximate surface area is 112 Å². The Balaban J connectivity index is 1.74. The number of anilines is 1. The first kappa shape index (κ1) is 11.8. The van der Waals surface area contributed by atoms with Crippen molar-refractivity contribution in [3.8, 4) is 0 Å². The van der Waals surface area contributed by atoms with E-state index in [1.54, 1.807) is 0 Å². The largest absolute Gasteiger partial charge is 0.381 e. The number of nitrogens with zero attached hydrogens (tertiary/aromatic N) is 2. The maximum absolute atomic E-state index is 4.32. The van der Waals surface area contributed by atoms with E-state index in [2.05, 4.69) is 64.5 Å². The van der Waals surface area contributed by atoms with Gasteiger partial charge in [-0.2, -0.15) is 0 Å². The molecule has 0 aliphatic rings. The number of aryl methyl sites for hydroxylation is 1. The van der Waals surface area contributed by atoms with Crippen LogP contribution in [0.2, 0.25) is 0 Å². The van der Waals surface area contributed by atoms with Gasteiger partial charge in [-0.3, -0.25) is 4.98 Å². The molecule has 0 fully saturated rings. The zero-order valence-electron chi connectivity index (χ0n) is 11.0. The predicted octanol–water partition coefficient (Wildman–Crippen LogP) is 3.67. The summed E-state index contributed by atoms with van der Waals surface area (Å²) in [6, 6.07) is 12.5. The first-order valence-electron chi connectivity index (χ1n) is 6.58. The van der Waals surface area contributed by atoms with Crippen LogP contribution in [0.4, 0.5) is 5.69 Å². The monoisotopic (exact) mass is 251 g/mol. The summed E-state index contributed by atoms with van der Waals surface area (Å²) in [5.41, 5.74) is 3.46. The van der Waals surface area contributed by atoms with Gasteiger partial charge in [-0.05, 0) is 42.8 Å². The molecule has 0 aliphatic carbocycles. The van der Waals surface area contributed by atoms with E-state index in [-0.39, 0.29) is 0 Å². The van der Waals surface area contributed by atoms with Crippen LogP contribution in [-0.4, -0.2) is 9.55 Å². The third-order valence-electron chi connectivity index (χ3n) is 3.28. The standard InChI is InChI=1S/C16H17N3/c1-2-19-9-7-13(12-19)11-18-15-5-6-16-14(10-15)4-3-8-17-16/h3-10,12,18H,2,11H2,1H3. The van der Waals surface area contributed by atoms with Crippen LogP contribution in [-0.2, 0) is 13.1 Å². The fourth-order valence-electron chi connectivity index (χ4n) is 2.18. The molecule has 2 aromatic heterocycles. The van der Waals surface area contributed by atoms with Crippen LogP contribution in [0.1, 0.15) is 12.5 Å². The third kappa shape index (κ3) is 2.60. The highest BCUT2D eigenvalue weighted by Crippen LogP contribution is 2.17. The Morgan fingerprint density at radius 3 is 3.00 bits per heavy atom. The Morgan fingerprint density at radius 1 is 1.21 bits per heavy atom. The van der Waals surface area contributed by atoms with Crippen molar-refractivity contribution in [3.63, 3.8) is 0 Å². The Morgan fingerprint density at radius 2 is 2.16 bits per heavy atom. The molecular weight excluding hydrogens is 234 g/mol. The summed E-state index contributed by atoms with van der Waals surface area (Å²) < 4.78 is 2.18. The van der Waals surface area contributed by atoms with E-state index in [0.717, 1.165) is 24.3 Å². The van der Waals surface area contributed by atoms with Gasteiger partial charge in [0.15, 0.2) is 0 Å². The molecule has 0 aliphatic heterocycles. The summed E-state index contributed by atoms with van der Waals surface area (Å²) in [5.74, 6) is 0. The molecule has 0 atom stereocenters. The number of hydrogen-bond acceptors (Lipinski definition) is 2. The van der Waals surface area contributed by atoms with Crippen LogP contribution in [0.15, 0.2) is 55.0 Å². The van der Waals surface area contributed by atoms with Crippen molar-refractivity contribution in [1.29, 1.82) is 0 Å². The molecule has 19 heavy (non-hydrogen) atoms. The van der Waals surface area contributed by atoms with Gasteiger partial charge in [-0.25, -0.2) is 0 Å². The molecule has 0 unspecified atom stereocenters. The number of benzene rings is 1. The summed E-state index contributed by atoms with van der Waals surface area (Å²) in [4.78, 5) is 4.32. The lowest BCUT2D eigenvalue weighted by molar-refractivity contribution is 0.766. The van der Waals surface area contributed by atoms with Crippen LogP contribution in [0, 0.1) is 0 Å². The van der Waals surface area contributed by atoms with Gasteiger partial charge < -0.3 is 9.88 Å². The first-order valence-corrected chi connectivity index (χ1v) is 6.58. The lowest BCUT2D eigenvalue weighted by Gasteiger charge is -2.06. The zero-order chi connectivity index (χ0) is 13.1. The Hall–Kier alpha value is -2.29. The molecule has 3 heteroatoms. The molecule has 3 rings (SSSR count). The van der Waals surface area contributed by atoms with Crippen molar-refractivity contribution in [2.45, 2.75) is 20.0 Å². The maximum Gasteiger partial charge on any atom is 0.0703 e. The minimum atomic E-state index is 0.846. The summed E-state index contributed by atoms with van der Waals surface area (Å²) in [6.45, 7) is 4.01. The van der Waals surface area contributed by atoms with Crippen LogP contribution in [0.25, 0.3) is 10.9 Å². The molecule has 0 saturated heterocycles. The van der Waals surface area contributed by atoms with Gasteiger partial charge >= 0.3 is 0 Å². The van der Waals surface area contributed by atoms with E-state index in [1.807, 2.05) is 12.3 Å². The van der Waals surface area contributed by atoms with Gasteiger partial charge in [0.25, 0.3) is 0 Å². The van der Waals surface area contributed by atoms with Crippen molar-refractivity contribution in [3.05, 3.63) is 60.6 Å². The molecule has 0 saturated carbocycles. The second-order valence-corrected chi connectivity index (χ2v) is 4.61. The number of nitrogens with one attached hydrogen (secondary N) is 1. The fourth-order valence-corrected chi connectivity index (χ4v) is 2.18. The lowest BCUT2D eigenvalue weighted by atomic mass is 10.2. The van der Waals surface area contributed by atoms with Crippen molar-refractivity contribution >= 4 is 16.6 Å². The van der Waals surface area contributed by atoms with E-state index in [1.165, 1.54) is 10.9 Å². The van der Waals surface area contributed by atoms with Gasteiger partial charge in [-0.15, -0.1) is 0 Å². The SMILES string of the molecule is CCn1ccc(CNc2ccc3ncccc3c2)c1. The number of fused-ring (bicyclic) bond motifs is 1. The van der Waals surface area contributed by atoms with Crippen LogP contribution in [0.5, 0.6) is 0 Å². The van der Waals surface area contributed by atoms with E-state index in [9.17, 15) is 0 Å². The summed E-state index contributed by atoms with van der Waals surface area (Å²) >= 11 is 0. The van der Waals surface area contributed by atoms with E-state index < -0.39 is 0 Å². The highest BCUT2D eigenvalue weighted by Gasteiger charge is 1.98. The topological polar surface area (TPSA) is 29.9 Å². The highest BCUT2D eigenvalue weighted by atomic mass is 14.9. The Bertz CT molecular complexity index is 685. The predicted molar refractivity (Wildman–Crippen MR) is 79.2 cm³/mol. The summed E-state index contributed by atoms with van der Waals surface area (Å²) in [7, 11) is 0. The second-order valence-electron chi connectivity index (χ2n) is 4.61. The number of pyridine rings is 1. The van der Waals surface area contributed by atoms with Gasteiger partial charge in [0, 0.05) is 42.8 Å². The summed E-state index contributed by atoms with van der Waals surface area (Å²) in [5, 5.41) is 4.61. The fraction of sp³-hybridized carbons (Fsp3) is 0.188. The van der Waals surface area contributed by atoms with Crippen LogP contribution in [0.3, 0.4) is 0 Å². The third-order valence-corrected chi connectivity index (χ3v) is 3.28. The van der Waals surface area contributed by atoms with Gasteiger partial charge in [0.05, 0.1) is 5.52 Å². The van der Waals surface area contributed by atoms with Gasteiger partial charge in [0.2, 0.25) is 0 Å². The van der Waals surface area contributed by atoms with Crippen molar-refractivity contribution in [2.75, 3.05) is 5.32 Å². The van der Waals surface area contributed by atoms with Crippen molar-refractivity contribution < 1.29 is 0 Å². The molecule has 3 nitrogen and oxygen atoms in total. The molecular formula is C16H17N3. The van der Waals surface area contributed by atoms with E-state index in [0.29, 0.717) is 0 Å². The molecule has 0 spiro atoms. The molecule has 1 aromatic carbocycles. The first-order chi connectivity index (χ1) is 9.35. The highest BCUT2D eigenvalue weighted by molar-refractivity contribution is 5.82. The average molecular weight is 251 g/mol. The maximum atomic E-state index is 4.32. The minimum absolute atomic E-state index is 0.846. The van der Waals surface area contributed by atoms with Crippen LogP contribution >= 0.6 is 0 Å². The van der Waals surface area contributed by atoms with Crippen molar-refractivity contribution in [2.24, 2.45) is 0 Å². The smallest absolute Gasteiger partial charge is 0.0703 e. The molecule has 0 radical (unpaired) electrons. The van der Waals surface area contributed by atoms with Gasteiger partial charge in [-0.1, -0.05) is 6.07 Å². The molecule has 96 valence electrons. The summed E-state index contributed by atoms with van der Waals surface area (Å²) in [6.07, 6.45) is 6.11. The normalized spacial score (nSPS) is 10.8. The molecule has 2 heterocycles. The Kier molecular flexibility index (Phi) is 3.19. The zero-order valence-corrected chi connectivity index (χ0v) is 11.0. The van der Waals surface area contributed by atoms with E-state index >= 15 is 0 Å². The molecule has 1 N–H and O–H groups in total. The number of aromatic nitrogens is 2. The van der Waals surface area contributed by atoms with E-state index in [4.69, 9.17) is 0 Å². The molecule has 3 aromatic rings. The lowest BCUT2D eigenvalue weighted by Crippen LogP contribution is -1.98. The minimum Gasteiger partial charge on any atom is -0.381 e. The second kappa shape index (κ2) is 5.14. The average Bonchev–Trinajstić information content (AvgIpc) is 2.93. The van der Waals surface area contributed by atoms with Gasteiger partial charge in [0.1, 0.15) is 0 Å². The number of hydrogen-bond donors (Lipinski definition) is 1. The van der Waals surface area contributed by atoms with Crippen molar-refractivity contribution in [1.82, 2.24) is 9.55 Å². The quantitative estimate of drug-likeness (QED) is 0.766. The molecule has 0 amide bonds. The molecule has 0 bridgehead atoms. The van der Waals surface area contributed by atoms with Crippen LogP contribution < -0.4 is 5.32 Å². The number of rotatable bonds is 4.